The normalized spacial score (nSPS) is 13.6. The average molecular weight is 341 g/mol. The van der Waals surface area contributed by atoms with Gasteiger partial charge in [0.25, 0.3) is 0 Å². The van der Waals surface area contributed by atoms with Gasteiger partial charge in [-0.3, -0.25) is 0 Å². The van der Waals surface area contributed by atoms with Gasteiger partial charge in [-0.1, -0.05) is 12.1 Å². The summed E-state index contributed by atoms with van der Waals surface area (Å²) in [5.41, 5.74) is 2.75. The van der Waals surface area contributed by atoms with E-state index in [0.29, 0.717) is 17.1 Å². The van der Waals surface area contributed by atoms with Crippen molar-refractivity contribution >= 4 is 23.4 Å². The van der Waals surface area contributed by atoms with Gasteiger partial charge < -0.3 is 20.3 Å². The third-order valence-corrected chi connectivity index (χ3v) is 4.24. The fraction of sp³-hybridized carbons (Fsp3) is 0.389. The maximum absolute atomic E-state index is 12.4. The monoisotopic (exact) mass is 341 g/mol. The van der Waals surface area contributed by atoms with Gasteiger partial charge in [-0.2, -0.15) is 0 Å². The zero-order valence-electron chi connectivity index (χ0n) is 14.8. The first-order valence-electron chi connectivity index (χ1n) is 8.39. The van der Waals surface area contributed by atoms with Crippen LogP contribution in [0.1, 0.15) is 24.2 Å². The number of urea groups is 1. The number of hydrogen-bond donors (Lipinski definition) is 2. The summed E-state index contributed by atoms with van der Waals surface area (Å²) in [5, 5.41) is 5.64. The second kappa shape index (κ2) is 7.38. The Balaban J connectivity index is 1.74. The Kier molecular flexibility index (Phi) is 5.02. The number of para-hydroxylation sites is 2. The number of aryl methyl sites for hydroxylation is 2. The third kappa shape index (κ3) is 3.81. The molecule has 132 valence electrons. The first kappa shape index (κ1) is 17.0. The minimum Gasteiger partial charge on any atom is -0.495 e. The van der Waals surface area contributed by atoms with Crippen LogP contribution in [0.15, 0.2) is 24.3 Å². The minimum atomic E-state index is -0.353. The summed E-state index contributed by atoms with van der Waals surface area (Å²) in [6, 6.07) is 6.91. The van der Waals surface area contributed by atoms with Crippen LogP contribution >= 0.6 is 0 Å². The van der Waals surface area contributed by atoms with Crippen molar-refractivity contribution in [1.82, 2.24) is 9.97 Å². The molecule has 0 aliphatic carbocycles. The van der Waals surface area contributed by atoms with Gasteiger partial charge in [0.2, 0.25) is 5.95 Å². The highest BCUT2D eigenvalue weighted by Gasteiger charge is 2.18. The Morgan fingerprint density at radius 2 is 1.72 bits per heavy atom. The number of anilines is 3. The summed E-state index contributed by atoms with van der Waals surface area (Å²) in [6.07, 6.45) is 2.34. The lowest BCUT2D eigenvalue weighted by Crippen LogP contribution is -2.24. The number of rotatable bonds is 4. The Labute approximate surface area is 147 Å². The minimum absolute atomic E-state index is 0.353. The number of amides is 2. The number of benzene rings is 1. The van der Waals surface area contributed by atoms with E-state index in [1.165, 1.54) is 12.8 Å². The van der Waals surface area contributed by atoms with E-state index in [1.807, 2.05) is 26.0 Å². The van der Waals surface area contributed by atoms with Crippen LogP contribution in [0.25, 0.3) is 0 Å². The summed E-state index contributed by atoms with van der Waals surface area (Å²) >= 11 is 0. The molecule has 0 spiro atoms. The molecule has 0 saturated carbocycles. The summed E-state index contributed by atoms with van der Waals surface area (Å²) < 4.78 is 5.24. The SMILES string of the molecule is COc1ccccc1NC(=O)Nc1c(C)nc(N2CCCC2)nc1C. The molecule has 25 heavy (non-hydrogen) atoms. The van der Waals surface area contributed by atoms with Crippen LogP contribution in [0, 0.1) is 13.8 Å². The molecular weight excluding hydrogens is 318 g/mol. The van der Waals surface area contributed by atoms with Crippen molar-refractivity contribution in [3.63, 3.8) is 0 Å². The molecule has 0 atom stereocenters. The van der Waals surface area contributed by atoms with Crippen molar-refractivity contribution in [3.8, 4) is 5.75 Å². The molecule has 1 aromatic heterocycles. The molecule has 1 fully saturated rings. The molecule has 7 heteroatoms. The predicted octanol–water partition coefficient (Wildman–Crippen LogP) is 3.35. The highest BCUT2D eigenvalue weighted by Crippen LogP contribution is 2.25. The number of nitrogens with zero attached hydrogens (tertiary/aromatic N) is 3. The van der Waals surface area contributed by atoms with Gasteiger partial charge in [-0.15, -0.1) is 0 Å². The van der Waals surface area contributed by atoms with Gasteiger partial charge in [0.1, 0.15) is 5.75 Å². The summed E-state index contributed by atoms with van der Waals surface area (Å²) in [4.78, 5) is 23.6. The number of ether oxygens (including phenoxy) is 1. The lowest BCUT2D eigenvalue weighted by Gasteiger charge is -2.18. The smallest absolute Gasteiger partial charge is 0.323 e. The second-order valence-electron chi connectivity index (χ2n) is 6.04. The number of carbonyl (C=O) groups excluding carboxylic acids is 1. The zero-order chi connectivity index (χ0) is 17.8. The van der Waals surface area contributed by atoms with Crippen molar-refractivity contribution in [1.29, 1.82) is 0 Å². The lowest BCUT2D eigenvalue weighted by atomic mass is 10.2. The number of nitrogens with one attached hydrogen (secondary N) is 2. The topological polar surface area (TPSA) is 79.4 Å². The van der Waals surface area contributed by atoms with Gasteiger partial charge in [-0.05, 0) is 38.8 Å². The summed E-state index contributed by atoms with van der Waals surface area (Å²) in [5.74, 6) is 1.34. The maximum Gasteiger partial charge on any atom is 0.323 e. The van der Waals surface area contributed by atoms with Gasteiger partial charge in [0.05, 0.1) is 29.9 Å². The quantitative estimate of drug-likeness (QED) is 0.891. The van der Waals surface area contributed by atoms with Crippen LogP contribution in [0.4, 0.5) is 22.1 Å². The Morgan fingerprint density at radius 3 is 2.36 bits per heavy atom. The molecule has 0 bridgehead atoms. The van der Waals surface area contributed by atoms with Gasteiger partial charge in [0.15, 0.2) is 0 Å². The van der Waals surface area contributed by atoms with Crippen LogP contribution in [0.2, 0.25) is 0 Å². The van der Waals surface area contributed by atoms with Crippen LogP contribution in [0.3, 0.4) is 0 Å². The molecule has 0 unspecified atom stereocenters. The highest BCUT2D eigenvalue weighted by molar-refractivity contribution is 6.01. The highest BCUT2D eigenvalue weighted by atomic mass is 16.5. The predicted molar refractivity (Wildman–Crippen MR) is 98.6 cm³/mol. The molecule has 1 saturated heterocycles. The van der Waals surface area contributed by atoms with Crippen molar-refractivity contribution < 1.29 is 9.53 Å². The van der Waals surface area contributed by atoms with E-state index >= 15 is 0 Å². The first-order valence-corrected chi connectivity index (χ1v) is 8.39. The third-order valence-electron chi connectivity index (χ3n) is 4.24. The second-order valence-corrected chi connectivity index (χ2v) is 6.04. The van der Waals surface area contributed by atoms with Crippen LogP contribution in [-0.4, -0.2) is 36.2 Å². The zero-order valence-corrected chi connectivity index (χ0v) is 14.8. The Morgan fingerprint density at radius 1 is 1.08 bits per heavy atom. The molecular formula is C18H23N5O2. The molecule has 1 aromatic carbocycles. The largest absolute Gasteiger partial charge is 0.495 e. The fourth-order valence-corrected chi connectivity index (χ4v) is 2.95. The summed E-state index contributed by atoms with van der Waals surface area (Å²) in [6.45, 7) is 5.74. The number of carbonyl (C=O) groups is 1. The van der Waals surface area contributed by atoms with Crippen molar-refractivity contribution in [2.75, 3.05) is 35.7 Å². The average Bonchev–Trinajstić information content (AvgIpc) is 3.13. The van der Waals surface area contributed by atoms with Crippen LogP contribution in [-0.2, 0) is 0 Å². The van der Waals surface area contributed by atoms with E-state index in [-0.39, 0.29) is 6.03 Å². The van der Waals surface area contributed by atoms with Gasteiger partial charge in [0, 0.05) is 13.1 Å². The maximum atomic E-state index is 12.4. The van der Waals surface area contributed by atoms with Crippen molar-refractivity contribution in [2.24, 2.45) is 0 Å². The number of aromatic nitrogens is 2. The lowest BCUT2D eigenvalue weighted by molar-refractivity contribution is 0.262. The number of hydrogen-bond acceptors (Lipinski definition) is 5. The fourth-order valence-electron chi connectivity index (χ4n) is 2.95. The molecule has 3 rings (SSSR count). The van der Waals surface area contributed by atoms with E-state index in [1.54, 1.807) is 19.2 Å². The Bertz CT molecular complexity index is 749. The molecule has 2 N–H and O–H groups in total. The van der Waals surface area contributed by atoms with Gasteiger partial charge in [-0.25, -0.2) is 14.8 Å². The van der Waals surface area contributed by atoms with Gasteiger partial charge >= 0.3 is 6.03 Å². The van der Waals surface area contributed by atoms with E-state index in [9.17, 15) is 4.79 Å². The van der Waals surface area contributed by atoms with E-state index in [4.69, 9.17) is 4.74 Å². The van der Waals surface area contributed by atoms with E-state index in [0.717, 1.165) is 30.4 Å². The standard InChI is InChI=1S/C18H23N5O2/c1-12-16(13(2)20-17(19-12)23-10-6-7-11-23)22-18(24)21-14-8-4-5-9-15(14)25-3/h4-5,8-9H,6-7,10-11H2,1-3H3,(H2,21,22,24). The number of methoxy groups -OCH3 is 1. The molecule has 2 amide bonds. The van der Waals surface area contributed by atoms with E-state index in [2.05, 4.69) is 25.5 Å². The van der Waals surface area contributed by atoms with E-state index < -0.39 is 0 Å². The molecule has 1 aliphatic heterocycles. The molecule has 2 heterocycles. The summed E-state index contributed by atoms with van der Waals surface area (Å²) in [7, 11) is 1.57. The van der Waals surface area contributed by atoms with Crippen LogP contribution in [0.5, 0.6) is 5.75 Å². The van der Waals surface area contributed by atoms with Crippen LogP contribution < -0.4 is 20.3 Å². The molecule has 2 aromatic rings. The molecule has 1 aliphatic rings. The first-order chi connectivity index (χ1) is 12.1. The molecule has 7 nitrogen and oxygen atoms in total. The van der Waals surface area contributed by atoms with Crippen molar-refractivity contribution in [2.45, 2.75) is 26.7 Å². The molecule has 0 radical (unpaired) electrons. The van der Waals surface area contributed by atoms with Crippen molar-refractivity contribution in [3.05, 3.63) is 35.7 Å². The Hall–Kier alpha value is -2.83.